The van der Waals surface area contributed by atoms with Gasteiger partial charge in [-0.3, -0.25) is 0 Å². The number of carbonyl (C=O) groups excluding carboxylic acids is 1. The maximum atomic E-state index is 12.7. The fourth-order valence-electron chi connectivity index (χ4n) is 3.46. The molecule has 1 atom stereocenters. The molecule has 26 heavy (non-hydrogen) atoms. The summed E-state index contributed by atoms with van der Waals surface area (Å²) in [5.74, 6) is 0.590. The van der Waals surface area contributed by atoms with Crippen LogP contribution in [0.3, 0.4) is 0 Å². The molecule has 0 aromatic heterocycles. The predicted molar refractivity (Wildman–Crippen MR) is 105 cm³/mol. The molecule has 0 fully saturated rings. The molecule has 0 saturated carbocycles. The molecule has 0 aliphatic heterocycles. The third-order valence-electron chi connectivity index (χ3n) is 4.77. The third-order valence-corrected chi connectivity index (χ3v) is 4.77. The Kier molecular flexibility index (Phi) is 5.27. The number of carbonyl (C=O) groups is 1. The number of hydrogen-bond acceptors (Lipinski definition) is 3. The van der Waals surface area contributed by atoms with Crippen molar-refractivity contribution in [3.8, 4) is 5.75 Å². The van der Waals surface area contributed by atoms with Gasteiger partial charge in [-0.15, -0.1) is 0 Å². The van der Waals surface area contributed by atoms with Gasteiger partial charge in [-0.25, -0.2) is 4.79 Å². The van der Waals surface area contributed by atoms with E-state index in [1.54, 1.807) is 7.11 Å². The standard InChI is InChI=1S/C23H24O3/c1-4-26-22(24)21-20-9-7-5-6-8-18(20)16-23(21,2)15-14-17-10-12-19(25-3)13-11-17/h5-15H,4,16H2,1-3H3/b15-14+. The second-order valence-electron chi connectivity index (χ2n) is 6.65. The van der Waals surface area contributed by atoms with Gasteiger partial charge in [-0.05, 0) is 42.2 Å². The summed E-state index contributed by atoms with van der Waals surface area (Å²) >= 11 is 0. The smallest absolute Gasteiger partial charge is 0.335 e. The lowest BCUT2D eigenvalue weighted by Gasteiger charge is -2.23. The molecular formula is C23H24O3. The van der Waals surface area contributed by atoms with Gasteiger partial charge in [0.25, 0.3) is 0 Å². The molecular weight excluding hydrogens is 324 g/mol. The highest BCUT2D eigenvalue weighted by Crippen LogP contribution is 2.48. The van der Waals surface area contributed by atoms with Crippen LogP contribution in [-0.4, -0.2) is 19.7 Å². The van der Waals surface area contributed by atoms with Crippen LogP contribution in [0.15, 0.2) is 77.4 Å². The van der Waals surface area contributed by atoms with Gasteiger partial charge in [0.1, 0.15) is 5.75 Å². The van der Waals surface area contributed by atoms with E-state index in [4.69, 9.17) is 9.47 Å². The van der Waals surface area contributed by atoms with Crippen LogP contribution in [0.1, 0.15) is 25.8 Å². The zero-order chi connectivity index (χ0) is 18.6. The second kappa shape index (κ2) is 7.61. The number of ether oxygens (including phenoxy) is 2. The van der Waals surface area contributed by atoms with Crippen LogP contribution in [0.25, 0.3) is 6.08 Å². The quantitative estimate of drug-likeness (QED) is 0.700. The highest BCUT2D eigenvalue weighted by Gasteiger charge is 2.41. The van der Waals surface area contributed by atoms with Gasteiger partial charge >= 0.3 is 5.97 Å². The van der Waals surface area contributed by atoms with Gasteiger partial charge in [0, 0.05) is 5.41 Å². The van der Waals surface area contributed by atoms with Gasteiger partial charge in [-0.1, -0.05) is 61.6 Å². The molecule has 134 valence electrons. The van der Waals surface area contributed by atoms with Crippen molar-refractivity contribution in [1.82, 2.24) is 0 Å². The lowest BCUT2D eigenvalue weighted by atomic mass is 9.81. The van der Waals surface area contributed by atoms with Gasteiger partial charge < -0.3 is 9.47 Å². The van der Waals surface area contributed by atoms with Crippen LogP contribution >= 0.6 is 0 Å². The lowest BCUT2D eigenvalue weighted by Crippen LogP contribution is -2.21. The number of hydrogen-bond donors (Lipinski definition) is 0. The van der Waals surface area contributed by atoms with Crippen molar-refractivity contribution in [3.63, 3.8) is 0 Å². The topological polar surface area (TPSA) is 35.5 Å². The summed E-state index contributed by atoms with van der Waals surface area (Å²) in [6.45, 7) is 4.30. The Morgan fingerprint density at radius 3 is 2.65 bits per heavy atom. The molecule has 0 N–H and O–H groups in total. The van der Waals surface area contributed by atoms with Crippen molar-refractivity contribution < 1.29 is 14.3 Å². The molecule has 1 aromatic carbocycles. The molecule has 0 radical (unpaired) electrons. The third kappa shape index (κ3) is 3.57. The van der Waals surface area contributed by atoms with Crippen molar-refractivity contribution in [3.05, 3.63) is 83.0 Å². The minimum atomic E-state index is -0.400. The van der Waals surface area contributed by atoms with Crippen molar-refractivity contribution >= 4 is 12.0 Å². The molecule has 2 aliphatic carbocycles. The summed E-state index contributed by atoms with van der Waals surface area (Å²) in [5, 5.41) is 0. The summed E-state index contributed by atoms with van der Waals surface area (Å²) in [5.41, 5.74) is 3.55. The van der Waals surface area contributed by atoms with Gasteiger partial charge in [0.15, 0.2) is 0 Å². The van der Waals surface area contributed by atoms with Crippen molar-refractivity contribution in [1.29, 1.82) is 0 Å². The number of esters is 1. The fourth-order valence-corrected chi connectivity index (χ4v) is 3.46. The minimum absolute atomic E-state index is 0.237. The van der Waals surface area contributed by atoms with E-state index in [-0.39, 0.29) is 5.97 Å². The van der Waals surface area contributed by atoms with Gasteiger partial charge in [0.2, 0.25) is 0 Å². The zero-order valence-corrected chi connectivity index (χ0v) is 15.5. The predicted octanol–water partition coefficient (Wildman–Crippen LogP) is 5.03. The van der Waals surface area contributed by atoms with Gasteiger partial charge in [0.05, 0.1) is 19.3 Å². The Bertz CT molecular complexity index is 835. The Hall–Kier alpha value is -2.81. The maximum absolute atomic E-state index is 12.7. The van der Waals surface area contributed by atoms with E-state index in [0.29, 0.717) is 6.61 Å². The van der Waals surface area contributed by atoms with E-state index < -0.39 is 5.41 Å². The minimum Gasteiger partial charge on any atom is -0.497 e. The summed E-state index contributed by atoms with van der Waals surface area (Å²) in [6.07, 6.45) is 15.0. The van der Waals surface area contributed by atoms with Crippen molar-refractivity contribution in [2.45, 2.75) is 20.3 Å². The van der Waals surface area contributed by atoms with E-state index in [9.17, 15) is 4.79 Å². The summed E-state index contributed by atoms with van der Waals surface area (Å²) < 4.78 is 10.6. The monoisotopic (exact) mass is 348 g/mol. The summed E-state index contributed by atoms with van der Waals surface area (Å²) in [4.78, 5) is 12.7. The molecule has 0 amide bonds. The van der Waals surface area contributed by atoms with Crippen LogP contribution in [0.4, 0.5) is 0 Å². The first kappa shape index (κ1) is 18.0. The van der Waals surface area contributed by atoms with Crippen LogP contribution in [0.5, 0.6) is 5.75 Å². The number of fused-ring (bicyclic) bond motifs is 1. The highest BCUT2D eigenvalue weighted by atomic mass is 16.5. The molecule has 1 aromatic rings. The zero-order valence-electron chi connectivity index (χ0n) is 15.5. The highest BCUT2D eigenvalue weighted by molar-refractivity contribution is 5.95. The van der Waals surface area contributed by atoms with Crippen LogP contribution in [-0.2, 0) is 9.53 Å². The largest absolute Gasteiger partial charge is 0.497 e. The first-order valence-corrected chi connectivity index (χ1v) is 8.87. The number of allylic oxidation sites excluding steroid dienone is 8. The SMILES string of the molecule is CCOC(=O)C1=C2C=CC=CC=C2CC1(C)/C=C/c1ccc(OC)cc1. The molecule has 0 bridgehead atoms. The average Bonchev–Trinajstić information content (AvgIpc) is 2.77. The number of methoxy groups -OCH3 is 1. The Morgan fingerprint density at radius 1 is 1.19 bits per heavy atom. The van der Waals surface area contributed by atoms with E-state index >= 15 is 0 Å². The molecule has 3 heteroatoms. The van der Waals surface area contributed by atoms with Crippen LogP contribution < -0.4 is 4.74 Å². The molecule has 1 unspecified atom stereocenters. The Morgan fingerprint density at radius 2 is 1.96 bits per heavy atom. The van der Waals surface area contributed by atoms with E-state index in [1.165, 1.54) is 5.57 Å². The second-order valence-corrected chi connectivity index (χ2v) is 6.65. The molecule has 3 rings (SSSR count). The molecule has 2 aliphatic rings. The molecule has 0 saturated heterocycles. The molecule has 0 heterocycles. The van der Waals surface area contributed by atoms with E-state index in [0.717, 1.165) is 28.9 Å². The normalized spacial score (nSPS) is 21.6. The Labute approximate surface area is 155 Å². The average molecular weight is 348 g/mol. The maximum Gasteiger partial charge on any atom is 0.335 e. The Balaban J connectivity index is 1.98. The molecule has 0 spiro atoms. The number of rotatable bonds is 5. The fraction of sp³-hybridized carbons (Fsp3) is 0.261. The van der Waals surface area contributed by atoms with Gasteiger partial charge in [-0.2, -0.15) is 0 Å². The molecule has 3 nitrogen and oxygen atoms in total. The van der Waals surface area contributed by atoms with Crippen molar-refractivity contribution in [2.24, 2.45) is 5.41 Å². The number of benzene rings is 1. The van der Waals surface area contributed by atoms with E-state index in [2.05, 4.69) is 25.2 Å². The van der Waals surface area contributed by atoms with Crippen LogP contribution in [0.2, 0.25) is 0 Å². The lowest BCUT2D eigenvalue weighted by molar-refractivity contribution is -0.139. The summed E-state index contributed by atoms with van der Waals surface area (Å²) in [7, 11) is 1.65. The van der Waals surface area contributed by atoms with Crippen molar-refractivity contribution in [2.75, 3.05) is 13.7 Å². The first-order valence-electron chi connectivity index (χ1n) is 8.87. The van der Waals surface area contributed by atoms with Crippen LogP contribution in [0, 0.1) is 5.41 Å². The summed E-state index contributed by atoms with van der Waals surface area (Å²) in [6, 6.07) is 7.87. The first-order chi connectivity index (χ1) is 12.6. The van der Waals surface area contributed by atoms with E-state index in [1.807, 2.05) is 55.5 Å².